The fraction of sp³-hybridized carbons (Fsp3) is 0.263. The Kier molecular flexibility index (Phi) is 6.89. The number of ether oxygens (including phenoxy) is 1. The summed E-state index contributed by atoms with van der Waals surface area (Å²) in [7, 11) is 1.32. The molecule has 2 aromatic rings. The molecule has 2 amide bonds. The maximum absolute atomic E-state index is 12.1. The predicted octanol–water partition coefficient (Wildman–Crippen LogP) is 4.76. The molecule has 0 fully saturated rings. The normalized spacial score (nSPS) is 10.4. The summed E-state index contributed by atoms with van der Waals surface area (Å²) in [6.07, 6.45) is 0. The van der Waals surface area contributed by atoms with Crippen LogP contribution >= 0.6 is 11.8 Å². The zero-order valence-electron chi connectivity index (χ0n) is 14.5. The summed E-state index contributed by atoms with van der Waals surface area (Å²) in [5.74, 6) is 0.503. The van der Waals surface area contributed by atoms with Crippen LogP contribution in [0.15, 0.2) is 48.5 Å². The number of hydrogen-bond acceptors (Lipinski definition) is 4. The number of urea groups is 1. The number of nitrogens with one attached hydrogen (secondary N) is 2. The van der Waals surface area contributed by atoms with E-state index in [2.05, 4.69) is 29.2 Å². The number of anilines is 2. The van der Waals surface area contributed by atoms with Crippen LogP contribution in [0.25, 0.3) is 0 Å². The molecule has 0 bridgehead atoms. The summed E-state index contributed by atoms with van der Waals surface area (Å²) in [5, 5.41) is 6.06. The van der Waals surface area contributed by atoms with Crippen LogP contribution in [-0.2, 0) is 10.5 Å². The van der Waals surface area contributed by atoms with Gasteiger partial charge in [0.2, 0.25) is 0 Å². The van der Waals surface area contributed by atoms with Gasteiger partial charge in [0, 0.05) is 17.1 Å². The van der Waals surface area contributed by atoms with Crippen molar-refractivity contribution in [2.45, 2.75) is 24.9 Å². The molecule has 0 saturated heterocycles. The molecule has 0 aromatic heterocycles. The number of thioether (sulfide) groups is 1. The van der Waals surface area contributed by atoms with Gasteiger partial charge in [-0.2, -0.15) is 11.8 Å². The molecule has 0 spiro atoms. The van der Waals surface area contributed by atoms with Crippen molar-refractivity contribution >= 4 is 35.1 Å². The van der Waals surface area contributed by atoms with Crippen molar-refractivity contribution in [1.29, 1.82) is 0 Å². The Labute approximate surface area is 152 Å². The first-order valence-corrected chi connectivity index (χ1v) is 8.99. The maximum atomic E-state index is 12.1. The van der Waals surface area contributed by atoms with Gasteiger partial charge in [-0.15, -0.1) is 0 Å². The standard InChI is InChI=1S/C19H22N2O3S/c1-13(2)25-12-14-7-9-16(10-8-14)20-19(23)21-17-6-4-5-15(11-17)18(22)24-3/h4-11,13H,12H2,1-3H3,(H2,20,21,23). The van der Waals surface area contributed by atoms with E-state index in [9.17, 15) is 9.59 Å². The van der Waals surface area contributed by atoms with E-state index in [4.69, 9.17) is 0 Å². The van der Waals surface area contributed by atoms with Crippen LogP contribution in [0.4, 0.5) is 16.2 Å². The third-order valence-corrected chi connectivity index (χ3v) is 4.50. The van der Waals surface area contributed by atoms with Crippen molar-refractivity contribution in [3.63, 3.8) is 0 Å². The van der Waals surface area contributed by atoms with Gasteiger partial charge >= 0.3 is 12.0 Å². The zero-order chi connectivity index (χ0) is 18.2. The third kappa shape index (κ3) is 6.15. The second kappa shape index (κ2) is 9.13. The minimum atomic E-state index is -0.445. The second-order valence-corrected chi connectivity index (χ2v) is 7.27. The second-order valence-electron chi connectivity index (χ2n) is 5.71. The molecule has 0 saturated carbocycles. The number of carbonyl (C=O) groups excluding carboxylic acids is 2. The summed E-state index contributed by atoms with van der Waals surface area (Å²) in [6.45, 7) is 4.33. The van der Waals surface area contributed by atoms with Gasteiger partial charge in [0.15, 0.2) is 0 Å². The lowest BCUT2D eigenvalue weighted by Gasteiger charge is -2.10. The van der Waals surface area contributed by atoms with E-state index in [-0.39, 0.29) is 6.03 Å². The largest absolute Gasteiger partial charge is 0.465 e. The summed E-state index contributed by atoms with van der Waals surface area (Å²) in [5.41, 5.74) is 2.83. The molecule has 2 rings (SSSR count). The molecule has 25 heavy (non-hydrogen) atoms. The van der Waals surface area contributed by atoms with E-state index >= 15 is 0 Å². The van der Waals surface area contributed by atoms with Crippen molar-refractivity contribution in [2.24, 2.45) is 0 Å². The smallest absolute Gasteiger partial charge is 0.337 e. The minimum absolute atomic E-state index is 0.369. The van der Waals surface area contributed by atoms with Gasteiger partial charge in [0.1, 0.15) is 0 Å². The number of rotatable bonds is 6. The van der Waals surface area contributed by atoms with E-state index in [0.29, 0.717) is 22.2 Å². The highest BCUT2D eigenvalue weighted by molar-refractivity contribution is 7.99. The van der Waals surface area contributed by atoms with Crippen LogP contribution in [0.2, 0.25) is 0 Å². The molecule has 132 valence electrons. The summed E-state index contributed by atoms with van der Waals surface area (Å²) in [6, 6.07) is 14.0. The van der Waals surface area contributed by atoms with Crippen LogP contribution in [0, 0.1) is 0 Å². The first-order valence-electron chi connectivity index (χ1n) is 7.95. The molecule has 6 heteroatoms. The van der Waals surface area contributed by atoms with Gasteiger partial charge in [-0.3, -0.25) is 0 Å². The Balaban J connectivity index is 1.93. The third-order valence-electron chi connectivity index (χ3n) is 3.34. The molecule has 0 aliphatic carbocycles. The van der Waals surface area contributed by atoms with E-state index in [1.807, 2.05) is 36.0 Å². The number of amides is 2. The quantitative estimate of drug-likeness (QED) is 0.731. The van der Waals surface area contributed by atoms with Crippen molar-refractivity contribution in [3.05, 3.63) is 59.7 Å². The first kappa shape index (κ1) is 18.9. The van der Waals surface area contributed by atoms with Crippen LogP contribution in [-0.4, -0.2) is 24.4 Å². The lowest BCUT2D eigenvalue weighted by molar-refractivity contribution is 0.0600. The fourth-order valence-corrected chi connectivity index (χ4v) is 2.80. The van der Waals surface area contributed by atoms with Gasteiger partial charge in [0.05, 0.1) is 12.7 Å². The van der Waals surface area contributed by atoms with Crippen molar-refractivity contribution in [1.82, 2.24) is 0 Å². The van der Waals surface area contributed by atoms with Gasteiger partial charge < -0.3 is 15.4 Å². The molecule has 2 N–H and O–H groups in total. The van der Waals surface area contributed by atoms with Gasteiger partial charge in [-0.1, -0.05) is 32.0 Å². The molecular weight excluding hydrogens is 336 g/mol. The molecular formula is C19H22N2O3S. The van der Waals surface area contributed by atoms with Crippen molar-refractivity contribution < 1.29 is 14.3 Å². The Morgan fingerprint density at radius 3 is 2.36 bits per heavy atom. The van der Waals surface area contributed by atoms with E-state index in [0.717, 1.165) is 5.75 Å². The van der Waals surface area contributed by atoms with Crippen molar-refractivity contribution in [2.75, 3.05) is 17.7 Å². The molecule has 0 heterocycles. The highest BCUT2D eigenvalue weighted by Gasteiger charge is 2.08. The Morgan fingerprint density at radius 2 is 1.72 bits per heavy atom. The number of carbonyl (C=O) groups is 2. The first-order chi connectivity index (χ1) is 12.0. The zero-order valence-corrected chi connectivity index (χ0v) is 15.4. The average Bonchev–Trinajstić information content (AvgIpc) is 2.60. The van der Waals surface area contributed by atoms with E-state index in [1.165, 1.54) is 12.7 Å². The number of esters is 1. The molecule has 5 nitrogen and oxygen atoms in total. The summed E-state index contributed by atoms with van der Waals surface area (Å²) < 4.78 is 4.67. The Bertz CT molecular complexity index is 730. The molecule has 2 aromatic carbocycles. The average molecular weight is 358 g/mol. The predicted molar refractivity (Wildman–Crippen MR) is 103 cm³/mol. The summed E-state index contributed by atoms with van der Waals surface area (Å²) >= 11 is 1.87. The van der Waals surface area contributed by atoms with E-state index in [1.54, 1.807) is 24.3 Å². The Hall–Kier alpha value is -2.47. The molecule has 0 unspecified atom stereocenters. The van der Waals surface area contributed by atoms with Crippen LogP contribution < -0.4 is 10.6 Å². The summed E-state index contributed by atoms with van der Waals surface area (Å²) in [4.78, 5) is 23.6. The molecule has 0 radical (unpaired) electrons. The monoisotopic (exact) mass is 358 g/mol. The minimum Gasteiger partial charge on any atom is -0.465 e. The highest BCUT2D eigenvalue weighted by Crippen LogP contribution is 2.19. The van der Waals surface area contributed by atoms with Crippen LogP contribution in [0.5, 0.6) is 0 Å². The SMILES string of the molecule is COC(=O)c1cccc(NC(=O)Nc2ccc(CSC(C)C)cc2)c1. The van der Waals surface area contributed by atoms with Gasteiger partial charge in [-0.05, 0) is 41.1 Å². The topological polar surface area (TPSA) is 67.4 Å². The molecule has 0 atom stereocenters. The lowest BCUT2D eigenvalue weighted by Crippen LogP contribution is -2.19. The number of hydrogen-bond donors (Lipinski definition) is 2. The Morgan fingerprint density at radius 1 is 1.04 bits per heavy atom. The van der Waals surface area contributed by atoms with Crippen LogP contribution in [0.3, 0.4) is 0 Å². The van der Waals surface area contributed by atoms with Crippen molar-refractivity contribution in [3.8, 4) is 0 Å². The maximum Gasteiger partial charge on any atom is 0.337 e. The van der Waals surface area contributed by atoms with Gasteiger partial charge in [-0.25, -0.2) is 9.59 Å². The van der Waals surface area contributed by atoms with Crippen LogP contribution in [0.1, 0.15) is 29.8 Å². The van der Waals surface area contributed by atoms with E-state index < -0.39 is 5.97 Å². The fourth-order valence-electron chi connectivity index (χ4n) is 2.08. The van der Waals surface area contributed by atoms with Gasteiger partial charge in [0.25, 0.3) is 0 Å². The number of methoxy groups -OCH3 is 1. The lowest BCUT2D eigenvalue weighted by atomic mass is 10.2. The molecule has 0 aliphatic heterocycles. The number of benzene rings is 2. The highest BCUT2D eigenvalue weighted by atomic mass is 32.2. The molecule has 0 aliphatic rings.